The van der Waals surface area contributed by atoms with Crippen molar-refractivity contribution in [3.05, 3.63) is 0 Å². The van der Waals surface area contributed by atoms with Crippen molar-refractivity contribution in [2.45, 2.75) is 64.8 Å². The second-order valence-electron chi connectivity index (χ2n) is 5.50. The van der Waals surface area contributed by atoms with Crippen LogP contribution in [-0.2, 0) is 23.1 Å². The fourth-order valence-corrected chi connectivity index (χ4v) is 2.56. The summed E-state index contributed by atoms with van der Waals surface area (Å²) in [5, 5.41) is 0. The number of hydrogen-bond donors (Lipinski definition) is 1. The van der Waals surface area contributed by atoms with Crippen LogP contribution in [0.25, 0.3) is 0 Å². The minimum atomic E-state index is -4.10. The second-order valence-corrected chi connectivity index (χ2v) is 6.90. The Hall–Kier alpha value is 0.160. The molecule has 0 radical (unpaired) electrons. The highest BCUT2D eigenvalue weighted by atomic mass is 31.2. The molecule has 0 aliphatic carbocycles. The summed E-state index contributed by atoms with van der Waals surface area (Å²) in [5.41, 5.74) is 0. The first kappa shape index (κ1) is 21.2. The zero-order valence-corrected chi connectivity index (χ0v) is 15.0. The van der Waals surface area contributed by atoms with Crippen molar-refractivity contribution in [1.82, 2.24) is 0 Å². The molecular formula is C12H29B2O6P. The van der Waals surface area contributed by atoms with Crippen LogP contribution in [0.1, 0.15) is 27.7 Å². The maximum Gasteiger partial charge on any atom is 0.472 e. The molecule has 3 atom stereocenters. The number of phosphoric acid groups is 1. The molecule has 0 saturated heterocycles. The van der Waals surface area contributed by atoms with Crippen LogP contribution in [-0.4, -0.2) is 58.2 Å². The van der Waals surface area contributed by atoms with Crippen molar-refractivity contribution in [2.75, 3.05) is 13.2 Å². The Morgan fingerprint density at radius 1 is 1.00 bits per heavy atom. The first-order chi connectivity index (χ1) is 9.70. The van der Waals surface area contributed by atoms with Gasteiger partial charge >= 0.3 is 7.82 Å². The number of hydrogen-bond acceptors (Lipinski definition) is 5. The molecule has 3 unspecified atom stereocenters. The van der Waals surface area contributed by atoms with Gasteiger partial charge in [0.25, 0.3) is 0 Å². The van der Waals surface area contributed by atoms with E-state index in [2.05, 4.69) is 0 Å². The average molecular weight is 322 g/mol. The van der Waals surface area contributed by atoms with Crippen molar-refractivity contribution in [3.8, 4) is 0 Å². The Labute approximate surface area is 130 Å². The number of ether oxygens (including phenoxy) is 2. The zero-order chi connectivity index (χ0) is 16.5. The fraction of sp³-hybridized carbons (Fsp3) is 1.00. The lowest BCUT2D eigenvalue weighted by atomic mass is 10.00. The van der Waals surface area contributed by atoms with Gasteiger partial charge in [-0.15, -0.1) is 0 Å². The SMILES string of the molecule is BCC(COP(=O)(O)OC(CB)COC(C)C)OC(C)C. The fourth-order valence-electron chi connectivity index (χ4n) is 1.56. The summed E-state index contributed by atoms with van der Waals surface area (Å²) in [4.78, 5) is 9.76. The molecule has 1 N–H and O–H groups in total. The molecule has 0 saturated carbocycles. The van der Waals surface area contributed by atoms with Crippen molar-refractivity contribution in [2.24, 2.45) is 0 Å². The quantitative estimate of drug-likeness (QED) is 0.423. The molecule has 0 heterocycles. The Morgan fingerprint density at radius 2 is 1.57 bits per heavy atom. The predicted octanol–water partition coefficient (Wildman–Crippen LogP) is 0.810. The third-order valence-electron chi connectivity index (χ3n) is 2.70. The van der Waals surface area contributed by atoms with Gasteiger partial charge < -0.3 is 14.4 Å². The van der Waals surface area contributed by atoms with E-state index in [1.54, 1.807) is 0 Å². The minimum absolute atomic E-state index is 0.0317. The van der Waals surface area contributed by atoms with Gasteiger partial charge in [-0.25, -0.2) is 4.57 Å². The Morgan fingerprint density at radius 3 is 2.00 bits per heavy atom. The van der Waals surface area contributed by atoms with Crippen LogP contribution in [0.4, 0.5) is 0 Å². The minimum Gasteiger partial charge on any atom is -0.376 e. The highest BCUT2D eigenvalue weighted by molar-refractivity contribution is 7.47. The highest BCUT2D eigenvalue weighted by Crippen LogP contribution is 2.45. The largest absolute Gasteiger partial charge is 0.472 e. The van der Waals surface area contributed by atoms with Crippen LogP contribution < -0.4 is 0 Å². The third-order valence-corrected chi connectivity index (χ3v) is 3.74. The molecule has 0 fully saturated rings. The van der Waals surface area contributed by atoms with Crippen LogP contribution in [0.2, 0.25) is 12.6 Å². The molecule has 0 aromatic carbocycles. The van der Waals surface area contributed by atoms with E-state index >= 15 is 0 Å². The monoisotopic (exact) mass is 322 g/mol. The van der Waals surface area contributed by atoms with Crippen molar-refractivity contribution in [3.63, 3.8) is 0 Å². The summed E-state index contributed by atoms with van der Waals surface area (Å²) in [7, 11) is -0.294. The van der Waals surface area contributed by atoms with Crippen LogP contribution in [0, 0.1) is 0 Å². The van der Waals surface area contributed by atoms with Gasteiger partial charge in [-0.2, -0.15) is 0 Å². The topological polar surface area (TPSA) is 74.2 Å². The molecular weight excluding hydrogens is 293 g/mol. The summed E-state index contributed by atoms with van der Waals surface area (Å²) < 4.78 is 33.1. The van der Waals surface area contributed by atoms with Crippen LogP contribution in [0.15, 0.2) is 0 Å². The van der Waals surface area contributed by atoms with Crippen LogP contribution in [0.3, 0.4) is 0 Å². The Kier molecular flexibility index (Phi) is 10.9. The molecule has 21 heavy (non-hydrogen) atoms. The molecule has 0 aliphatic rings. The molecule has 0 aromatic rings. The van der Waals surface area contributed by atoms with E-state index in [9.17, 15) is 9.46 Å². The van der Waals surface area contributed by atoms with Gasteiger partial charge in [0.1, 0.15) is 15.7 Å². The molecule has 0 bridgehead atoms. The van der Waals surface area contributed by atoms with Crippen molar-refractivity contribution >= 4 is 23.5 Å². The zero-order valence-electron chi connectivity index (χ0n) is 14.1. The lowest BCUT2D eigenvalue weighted by Gasteiger charge is -2.23. The number of phosphoric ester groups is 1. The molecule has 0 aromatic heterocycles. The first-order valence-electron chi connectivity index (χ1n) is 7.62. The number of rotatable bonds is 12. The van der Waals surface area contributed by atoms with Gasteiger partial charge in [0.15, 0.2) is 0 Å². The predicted molar refractivity (Wildman–Crippen MR) is 88.4 cm³/mol. The maximum atomic E-state index is 11.9. The lowest BCUT2D eigenvalue weighted by molar-refractivity contribution is -0.0240. The van der Waals surface area contributed by atoms with Gasteiger partial charge in [-0.1, -0.05) is 12.6 Å². The van der Waals surface area contributed by atoms with E-state index < -0.39 is 13.9 Å². The van der Waals surface area contributed by atoms with Gasteiger partial charge in [0.2, 0.25) is 0 Å². The van der Waals surface area contributed by atoms with Crippen LogP contribution >= 0.6 is 7.82 Å². The van der Waals surface area contributed by atoms with E-state index in [1.165, 1.54) is 0 Å². The average Bonchev–Trinajstić information content (AvgIpc) is 2.38. The van der Waals surface area contributed by atoms with Crippen molar-refractivity contribution in [1.29, 1.82) is 0 Å². The summed E-state index contributed by atoms with van der Waals surface area (Å²) in [5.74, 6) is 0. The summed E-state index contributed by atoms with van der Waals surface area (Å²) >= 11 is 0. The normalized spacial score (nSPS) is 17.9. The smallest absolute Gasteiger partial charge is 0.376 e. The standard InChI is InChI=1S/C12H29B2O6P/c1-9(2)17-7-12(6-14)20-21(15,16)18-8-11(5-13)19-10(3)4/h9-12H,5-8,13-14H2,1-4H3,(H,15,16). The van der Waals surface area contributed by atoms with E-state index in [-0.39, 0.29) is 31.5 Å². The van der Waals surface area contributed by atoms with E-state index in [0.29, 0.717) is 12.6 Å². The lowest BCUT2D eigenvalue weighted by Crippen LogP contribution is -2.24. The van der Waals surface area contributed by atoms with E-state index in [0.717, 1.165) is 0 Å². The summed E-state index contributed by atoms with van der Waals surface area (Å²) in [6.07, 6.45) is 0.674. The van der Waals surface area contributed by atoms with Gasteiger partial charge in [-0.05, 0) is 27.7 Å². The molecule has 0 aliphatic heterocycles. The summed E-state index contributed by atoms with van der Waals surface area (Å²) in [6.45, 7) is 7.92. The molecule has 0 amide bonds. The van der Waals surface area contributed by atoms with E-state index in [4.69, 9.17) is 18.5 Å². The molecule has 124 valence electrons. The van der Waals surface area contributed by atoms with Crippen LogP contribution in [0.5, 0.6) is 0 Å². The highest BCUT2D eigenvalue weighted by Gasteiger charge is 2.27. The maximum absolute atomic E-state index is 11.9. The molecule has 6 nitrogen and oxygen atoms in total. The van der Waals surface area contributed by atoms with E-state index in [1.807, 2.05) is 43.4 Å². The van der Waals surface area contributed by atoms with Gasteiger partial charge in [-0.3, -0.25) is 9.05 Å². The Bertz CT molecular complexity index is 316. The molecule has 0 rings (SSSR count). The first-order valence-corrected chi connectivity index (χ1v) is 9.12. The second kappa shape index (κ2) is 10.8. The van der Waals surface area contributed by atoms with Crippen molar-refractivity contribution < 1.29 is 28.0 Å². The molecule has 0 spiro atoms. The summed E-state index contributed by atoms with van der Waals surface area (Å²) in [6, 6.07) is 0. The Balaban J connectivity index is 4.29. The molecule has 9 heteroatoms. The van der Waals surface area contributed by atoms with Gasteiger partial charge in [0, 0.05) is 0 Å². The van der Waals surface area contributed by atoms with Gasteiger partial charge in [0.05, 0.1) is 37.6 Å². The third kappa shape index (κ3) is 11.4.